The first-order valence-electron chi connectivity index (χ1n) is 5.16. The van der Waals surface area contributed by atoms with Crippen LogP contribution in [-0.2, 0) is 0 Å². The van der Waals surface area contributed by atoms with Crippen molar-refractivity contribution in [3.05, 3.63) is 30.1 Å². The van der Waals surface area contributed by atoms with E-state index in [1.165, 1.54) is 0 Å². The number of fused-ring (bicyclic) bond motifs is 1. The molecule has 0 aliphatic carbocycles. The first kappa shape index (κ1) is 9.90. The Morgan fingerprint density at radius 3 is 2.87 bits per heavy atom. The quantitative estimate of drug-likeness (QED) is 0.811. The molecule has 0 saturated carbocycles. The zero-order chi connectivity index (χ0) is 10.8. The third kappa shape index (κ3) is 2.06. The summed E-state index contributed by atoms with van der Waals surface area (Å²) in [5.41, 5.74) is 3.96. The molecule has 0 saturated heterocycles. The Hall–Kier alpha value is -1.64. The Balaban J connectivity index is 2.60. The van der Waals surface area contributed by atoms with Gasteiger partial charge in [0, 0.05) is 17.9 Å². The van der Waals surface area contributed by atoms with Crippen molar-refractivity contribution in [1.29, 1.82) is 0 Å². The highest BCUT2D eigenvalue weighted by atomic mass is 14.9. The first-order valence-corrected chi connectivity index (χ1v) is 5.16. The van der Waals surface area contributed by atoms with Gasteiger partial charge in [-0.3, -0.25) is 9.97 Å². The maximum Gasteiger partial charge on any atom is 0.112 e. The Kier molecular flexibility index (Phi) is 2.54. The van der Waals surface area contributed by atoms with Crippen LogP contribution in [0.2, 0.25) is 0 Å². The summed E-state index contributed by atoms with van der Waals surface area (Å²) in [6.45, 7) is 6.23. The van der Waals surface area contributed by atoms with Gasteiger partial charge in [0.05, 0.1) is 11.2 Å². The lowest BCUT2D eigenvalue weighted by Gasteiger charge is -2.12. The minimum absolute atomic E-state index is 0.400. The summed E-state index contributed by atoms with van der Waals surface area (Å²) < 4.78 is 0. The second-order valence-electron chi connectivity index (χ2n) is 3.98. The normalized spacial score (nSPS) is 10.9. The number of nitrogens with one attached hydrogen (secondary N) is 1. The molecule has 3 nitrogen and oxygen atoms in total. The lowest BCUT2D eigenvalue weighted by atomic mass is 10.2. The van der Waals surface area contributed by atoms with Gasteiger partial charge < -0.3 is 5.32 Å². The smallest absolute Gasteiger partial charge is 0.112 e. The number of rotatable bonds is 2. The van der Waals surface area contributed by atoms with Crippen LogP contribution in [0, 0.1) is 6.92 Å². The van der Waals surface area contributed by atoms with Gasteiger partial charge in [-0.05, 0) is 39.0 Å². The molecule has 2 aromatic rings. The molecule has 0 aliphatic heterocycles. The van der Waals surface area contributed by atoms with Gasteiger partial charge in [0.15, 0.2) is 0 Å². The van der Waals surface area contributed by atoms with Gasteiger partial charge in [-0.15, -0.1) is 0 Å². The number of nitrogens with zero attached hydrogens (tertiary/aromatic N) is 2. The summed E-state index contributed by atoms with van der Waals surface area (Å²) in [6.07, 6.45) is 1.80. The van der Waals surface area contributed by atoms with Gasteiger partial charge in [0.25, 0.3) is 0 Å². The van der Waals surface area contributed by atoms with Crippen LogP contribution in [0.25, 0.3) is 11.0 Å². The number of aromatic nitrogens is 2. The van der Waals surface area contributed by atoms with Crippen molar-refractivity contribution in [3.63, 3.8) is 0 Å². The van der Waals surface area contributed by atoms with Crippen LogP contribution in [0.5, 0.6) is 0 Å². The van der Waals surface area contributed by atoms with E-state index in [4.69, 9.17) is 0 Å². The van der Waals surface area contributed by atoms with Crippen molar-refractivity contribution in [2.45, 2.75) is 26.8 Å². The SMILES string of the molecule is Cc1cc(NC(C)C)c2ncccc2n1. The van der Waals surface area contributed by atoms with Gasteiger partial charge in [0.2, 0.25) is 0 Å². The first-order chi connectivity index (χ1) is 7.16. The fraction of sp³-hybridized carbons (Fsp3) is 0.333. The molecule has 1 N–H and O–H groups in total. The summed E-state index contributed by atoms with van der Waals surface area (Å²) in [7, 11) is 0. The molecule has 0 atom stereocenters. The lowest BCUT2D eigenvalue weighted by molar-refractivity contribution is 0.900. The molecule has 0 radical (unpaired) electrons. The maximum atomic E-state index is 4.44. The van der Waals surface area contributed by atoms with E-state index in [2.05, 4.69) is 29.1 Å². The van der Waals surface area contributed by atoms with Crippen LogP contribution in [0.3, 0.4) is 0 Å². The molecule has 0 amide bonds. The predicted molar refractivity (Wildman–Crippen MR) is 63.0 cm³/mol. The lowest BCUT2D eigenvalue weighted by Crippen LogP contribution is -2.10. The van der Waals surface area contributed by atoms with Crippen molar-refractivity contribution in [3.8, 4) is 0 Å². The van der Waals surface area contributed by atoms with Crippen molar-refractivity contribution in [2.75, 3.05) is 5.32 Å². The molecule has 2 rings (SSSR count). The highest BCUT2D eigenvalue weighted by Crippen LogP contribution is 2.21. The molecule has 0 unspecified atom stereocenters. The van der Waals surface area contributed by atoms with E-state index >= 15 is 0 Å². The van der Waals surface area contributed by atoms with Crippen molar-refractivity contribution < 1.29 is 0 Å². The van der Waals surface area contributed by atoms with Crippen LogP contribution in [0.4, 0.5) is 5.69 Å². The Bertz CT molecular complexity index is 477. The van der Waals surface area contributed by atoms with E-state index in [1.807, 2.05) is 25.1 Å². The highest BCUT2D eigenvalue weighted by Gasteiger charge is 2.05. The van der Waals surface area contributed by atoms with Gasteiger partial charge in [0.1, 0.15) is 5.52 Å². The number of aryl methyl sites for hydroxylation is 1. The summed E-state index contributed by atoms with van der Waals surface area (Å²) in [5.74, 6) is 0. The fourth-order valence-electron chi connectivity index (χ4n) is 1.62. The minimum atomic E-state index is 0.400. The van der Waals surface area contributed by atoms with Crippen LogP contribution in [0.15, 0.2) is 24.4 Å². The molecule has 0 bridgehead atoms. The summed E-state index contributed by atoms with van der Waals surface area (Å²) >= 11 is 0. The molecule has 78 valence electrons. The predicted octanol–water partition coefficient (Wildman–Crippen LogP) is 2.76. The van der Waals surface area contributed by atoms with E-state index in [9.17, 15) is 0 Å². The molecule has 2 heterocycles. The van der Waals surface area contributed by atoms with E-state index in [0.29, 0.717) is 6.04 Å². The maximum absolute atomic E-state index is 4.44. The number of hydrogen-bond donors (Lipinski definition) is 1. The highest BCUT2D eigenvalue weighted by molar-refractivity contribution is 5.87. The average Bonchev–Trinajstić information content (AvgIpc) is 2.16. The molecular weight excluding hydrogens is 186 g/mol. The van der Waals surface area contributed by atoms with Crippen molar-refractivity contribution in [1.82, 2.24) is 9.97 Å². The van der Waals surface area contributed by atoms with E-state index in [-0.39, 0.29) is 0 Å². The molecule has 0 aromatic carbocycles. The largest absolute Gasteiger partial charge is 0.381 e. The molecule has 15 heavy (non-hydrogen) atoms. The zero-order valence-corrected chi connectivity index (χ0v) is 9.28. The van der Waals surface area contributed by atoms with E-state index in [0.717, 1.165) is 22.4 Å². The van der Waals surface area contributed by atoms with Crippen LogP contribution in [0.1, 0.15) is 19.5 Å². The Morgan fingerprint density at radius 2 is 2.13 bits per heavy atom. The average molecular weight is 201 g/mol. The Morgan fingerprint density at radius 1 is 1.33 bits per heavy atom. The van der Waals surface area contributed by atoms with Crippen LogP contribution in [-0.4, -0.2) is 16.0 Å². The number of anilines is 1. The summed E-state index contributed by atoms with van der Waals surface area (Å²) in [6, 6.07) is 6.33. The molecular formula is C12H15N3. The van der Waals surface area contributed by atoms with Gasteiger partial charge in [-0.25, -0.2) is 0 Å². The summed E-state index contributed by atoms with van der Waals surface area (Å²) in [5, 5.41) is 3.39. The standard InChI is InChI=1S/C12H15N3/c1-8(2)14-11-7-9(3)15-10-5-4-6-13-12(10)11/h4-8H,1-3H3,(H,14,15). The summed E-state index contributed by atoms with van der Waals surface area (Å²) in [4.78, 5) is 8.79. The van der Waals surface area contributed by atoms with E-state index in [1.54, 1.807) is 6.20 Å². The Labute approximate surface area is 89.6 Å². The third-order valence-electron chi connectivity index (χ3n) is 2.14. The van der Waals surface area contributed by atoms with Crippen LogP contribution < -0.4 is 5.32 Å². The minimum Gasteiger partial charge on any atom is -0.381 e. The number of hydrogen-bond acceptors (Lipinski definition) is 3. The molecule has 3 heteroatoms. The van der Waals surface area contributed by atoms with Crippen molar-refractivity contribution in [2.24, 2.45) is 0 Å². The zero-order valence-electron chi connectivity index (χ0n) is 9.28. The van der Waals surface area contributed by atoms with Gasteiger partial charge in [-0.2, -0.15) is 0 Å². The second-order valence-corrected chi connectivity index (χ2v) is 3.98. The number of pyridine rings is 2. The van der Waals surface area contributed by atoms with Crippen molar-refractivity contribution >= 4 is 16.7 Å². The van der Waals surface area contributed by atoms with Gasteiger partial charge in [-0.1, -0.05) is 0 Å². The monoisotopic (exact) mass is 201 g/mol. The third-order valence-corrected chi connectivity index (χ3v) is 2.14. The molecule has 2 aromatic heterocycles. The fourth-order valence-corrected chi connectivity index (χ4v) is 1.62. The molecule has 0 aliphatic rings. The van der Waals surface area contributed by atoms with Crippen LogP contribution >= 0.6 is 0 Å². The van der Waals surface area contributed by atoms with Gasteiger partial charge >= 0.3 is 0 Å². The molecule has 0 spiro atoms. The molecule has 0 fully saturated rings. The van der Waals surface area contributed by atoms with E-state index < -0.39 is 0 Å². The second kappa shape index (κ2) is 3.85. The topological polar surface area (TPSA) is 37.8 Å².